The zero-order chi connectivity index (χ0) is 34.3. The first-order chi connectivity index (χ1) is 22.3. The molecule has 260 valence electrons. The van der Waals surface area contributed by atoms with Gasteiger partial charge in [0.05, 0.1) is 18.8 Å². The molecule has 1 saturated carbocycles. The lowest BCUT2D eigenvalue weighted by Crippen LogP contribution is -2.60. The largest absolute Gasteiger partial charge is 0.363 e. The fraction of sp³-hybridized carbons (Fsp3) is 0.686. The monoisotopic (exact) mass is 655 g/mol. The second kappa shape index (κ2) is 16.1. The van der Waals surface area contributed by atoms with Crippen LogP contribution in [0.2, 0.25) is 0 Å². The Balaban J connectivity index is 1.32. The lowest BCUT2D eigenvalue weighted by molar-refractivity contribution is -0.143. The third kappa shape index (κ3) is 9.99. The molecule has 1 saturated heterocycles. The number of Topliss-reactive ketones (excluding diaryl/α,β-unsaturated/α-hetero) is 1. The number of carbonyl (C=O) groups is 5. The molecule has 5 N–H and O–H groups in total. The highest BCUT2D eigenvalue weighted by atomic mass is 16.7. The van der Waals surface area contributed by atoms with Gasteiger partial charge in [0.1, 0.15) is 18.9 Å². The van der Waals surface area contributed by atoms with Gasteiger partial charge in [-0.3, -0.25) is 19.2 Å². The molecule has 0 spiro atoms. The van der Waals surface area contributed by atoms with E-state index in [1.54, 1.807) is 0 Å². The summed E-state index contributed by atoms with van der Waals surface area (Å²) < 4.78 is 11.4. The molecule has 1 aromatic carbocycles. The molecule has 12 nitrogen and oxygen atoms in total. The van der Waals surface area contributed by atoms with Crippen LogP contribution in [-0.4, -0.2) is 85.2 Å². The molecule has 1 aromatic rings. The second-order valence-electron chi connectivity index (χ2n) is 14.5. The highest BCUT2D eigenvalue weighted by Crippen LogP contribution is 2.35. The minimum atomic E-state index is -1.09. The van der Waals surface area contributed by atoms with Gasteiger partial charge in [0.15, 0.2) is 0 Å². The molecule has 1 aliphatic heterocycles. The topological polar surface area (TPSA) is 169 Å². The SMILES string of the molecule is CCC(C)[C@@H]1C[C@@H](C(=O)NC(CC2CC2)C(=O)C(N)=O)N(C(=O)[C@@H](NC(=O)NCCOCOC2Cc3ccccc3C2)C(C)(C)C)C1. The molecule has 0 bridgehead atoms. The molecule has 1 heterocycles. The Morgan fingerprint density at radius 2 is 1.70 bits per heavy atom. The van der Waals surface area contributed by atoms with Gasteiger partial charge >= 0.3 is 6.03 Å². The van der Waals surface area contributed by atoms with Crippen molar-refractivity contribution < 1.29 is 33.4 Å². The van der Waals surface area contributed by atoms with Crippen LogP contribution < -0.4 is 21.7 Å². The number of primary amides is 1. The summed E-state index contributed by atoms with van der Waals surface area (Å²) in [5.41, 5.74) is 7.20. The Kier molecular flexibility index (Phi) is 12.4. The van der Waals surface area contributed by atoms with E-state index in [0.717, 1.165) is 32.1 Å². The summed E-state index contributed by atoms with van der Waals surface area (Å²) in [7, 11) is 0. The Morgan fingerprint density at radius 1 is 1.04 bits per heavy atom. The van der Waals surface area contributed by atoms with E-state index in [2.05, 4.69) is 41.9 Å². The van der Waals surface area contributed by atoms with Gasteiger partial charge < -0.3 is 36.1 Å². The standard InChI is InChI=1S/C35H53N5O7/c1-6-21(2)25-18-28(32(43)38-27(15-22-11-12-22)29(41)31(36)42)40(19-25)33(44)30(35(3,4)5)39-34(45)37-13-14-46-20-47-26-16-23-9-7-8-10-24(23)17-26/h7-10,21-22,25-28,30H,6,11-20H2,1-5H3,(H2,36,42)(H,38,43)(H2,37,39,45)/t21?,25-,27?,28+,30-/m1/s1. The summed E-state index contributed by atoms with van der Waals surface area (Å²) in [5.74, 6) is -2.22. The summed E-state index contributed by atoms with van der Waals surface area (Å²) in [5, 5.41) is 8.34. The van der Waals surface area contributed by atoms with E-state index in [-0.39, 0.29) is 49.7 Å². The first-order valence-corrected chi connectivity index (χ1v) is 17.0. The first kappa shape index (κ1) is 36.3. The van der Waals surface area contributed by atoms with E-state index < -0.39 is 47.2 Å². The number of nitrogens with one attached hydrogen (secondary N) is 3. The van der Waals surface area contributed by atoms with Crippen LogP contribution in [0.25, 0.3) is 0 Å². The lowest BCUT2D eigenvalue weighted by Gasteiger charge is -2.35. The Labute approximate surface area is 278 Å². The molecule has 5 atom stereocenters. The molecule has 3 aliphatic rings. The number of rotatable bonds is 16. The van der Waals surface area contributed by atoms with Crippen molar-refractivity contribution in [2.75, 3.05) is 26.5 Å². The van der Waals surface area contributed by atoms with Gasteiger partial charge in [-0.05, 0) is 60.0 Å². The molecule has 0 aromatic heterocycles. The Hall–Kier alpha value is -3.51. The predicted octanol–water partition coefficient (Wildman–Crippen LogP) is 2.46. The van der Waals surface area contributed by atoms with Crippen molar-refractivity contribution in [2.24, 2.45) is 28.9 Å². The van der Waals surface area contributed by atoms with Crippen LogP contribution in [0.15, 0.2) is 24.3 Å². The van der Waals surface area contributed by atoms with E-state index >= 15 is 0 Å². The van der Waals surface area contributed by atoms with Crippen LogP contribution >= 0.6 is 0 Å². The van der Waals surface area contributed by atoms with Gasteiger partial charge in [-0.25, -0.2) is 4.79 Å². The predicted molar refractivity (Wildman–Crippen MR) is 176 cm³/mol. The summed E-state index contributed by atoms with van der Waals surface area (Å²) in [6, 6.07) is 4.95. The number of ketones is 1. The molecule has 2 fully saturated rings. The van der Waals surface area contributed by atoms with Crippen molar-refractivity contribution >= 4 is 29.5 Å². The molecule has 2 aliphatic carbocycles. The molecule has 0 radical (unpaired) electrons. The molecule has 5 amide bonds. The first-order valence-electron chi connectivity index (χ1n) is 17.0. The smallest absolute Gasteiger partial charge is 0.315 e. The average Bonchev–Trinajstić information content (AvgIpc) is 3.56. The maximum atomic E-state index is 14.2. The number of hydrogen-bond acceptors (Lipinski definition) is 7. The number of fused-ring (bicyclic) bond motifs is 1. The van der Waals surface area contributed by atoms with Crippen molar-refractivity contribution in [3.63, 3.8) is 0 Å². The molecular weight excluding hydrogens is 602 g/mol. The van der Waals surface area contributed by atoms with E-state index in [0.29, 0.717) is 19.4 Å². The lowest BCUT2D eigenvalue weighted by atomic mass is 9.85. The van der Waals surface area contributed by atoms with Crippen molar-refractivity contribution in [2.45, 2.75) is 104 Å². The number of ether oxygens (including phenoxy) is 2. The number of carbonyl (C=O) groups excluding carboxylic acids is 5. The van der Waals surface area contributed by atoms with Gasteiger partial charge in [-0.15, -0.1) is 0 Å². The summed E-state index contributed by atoms with van der Waals surface area (Å²) in [6.07, 6.45) is 5.28. The minimum Gasteiger partial charge on any atom is -0.363 e. The van der Waals surface area contributed by atoms with Gasteiger partial charge in [0.2, 0.25) is 17.6 Å². The molecule has 2 unspecified atom stereocenters. The number of amides is 5. The average molecular weight is 656 g/mol. The van der Waals surface area contributed by atoms with Crippen molar-refractivity contribution in [1.82, 2.24) is 20.9 Å². The van der Waals surface area contributed by atoms with Crippen molar-refractivity contribution in [1.29, 1.82) is 0 Å². The van der Waals surface area contributed by atoms with Gasteiger partial charge in [0.25, 0.3) is 5.91 Å². The van der Waals surface area contributed by atoms with Crippen LogP contribution in [-0.2, 0) is 41.5 Å². The summed E-state index contributed by atoms with van der Waals surface area (Å²) >= 11 is 0. The van der Waals surface area contributed by atoms with Crippen LogP contribution in [0.4, 0.5) is 4.79 Å². The van der Waals surface area contributed by atoms with E-state index in [9.17, 15) is 24.0 Å². The number of nitrogens with zero attached hydrogens (tertiary/aromatic N) is 1. The highest BCUT2D eigenvalue weighted by molar-refractivity contribution is 6.37. The highest BCUT2D eigenvalue weighted by Gasteiger charge is 2.46. The maximum Gasteiger partial charge on any atom is 0.315 e. The molecule has 12 heteroatoms. The number of urea groups is 1. The molecule has 4 rings (SSSR count). The molecular formula is C35H53N5O7. The zero-order valence-electron chi connectivity index (χ0n) is 28.5. The van der Waals surface area contributed by atoms with E-state index in [1.807, 2.05) is 32.9 Å². The minimum absolute atomic E-state index is 0.0561. The third-order valence-corrected chi connectivity index (χ3v) is 9.83. The second-order valence-corrected chi connectivity index (χ2v) is 14.5. The summed E-state index contributed by atoms with van der Waals surface area (Å²) in [4.78, 5) is 66.6. The fourth-order valence-electron chi connectivity index (χ4n) is 6.54. The normalized spacial score (nSPS) is 21.4. The van der Waals surface area contributed by atoms with Gasteiger partial charge in [0, 0.05) is 13.1 Å². The van der Waals surface area contributed by atoms with E-state index in [1.165, 1.54) is 16.0 Å². The van der Waals surface area contributed by atoms with Gasteiger partial charge in [-0.1, -0.05) is 78.1 Å². The van der Waals surface area contributed by atoms with Crippen molar-refractivity contribution in [3.05, 3.63) is 35.4 Å². The number of likely N-dealkylation sites (tertiary alicyclic amines) is 1. The van der Waals surface area contributed by atoms with Crippen LogP contribution in [0, 0.1) is 23.2 Å². The van der Waals surface area contributed by atoms with E-state index in [4.69, 9.17) is 15.2 Å². The zero-order valence-corrected chi connectivity index (χ0v) is 28.5. The summed E-state index contributed by atoms with van der Waals surface area (Å²) in [6.45, 7) is 10.6. The quantitative estimate of drug-likeness (QED) is 0.120. The number of nitrogens with two attached hydrogens (primary N) is 1. The number of benzene rings is 1. The van der Waals surface area contributed by atoms with Crippen LogP contribution in [0.1, 0.15) is 77.8 Å². The molecule has 47 heavy (non-hydrogen) atoms. The maximum absolute atomic E-state index is 14.2. The van der Waals surface area contributed by atoms with Gasteiger partial charge in [-0.2, -0.15) is 0 Å². The van der Waals surface area contributed by atoms with Crippen LogP contribution in [0.3, 0.4) is 0 Å². The third-order valence-electron chi connectivity index (χ3n) is 9.83. The van der Waals surface area contributed by atoms with Crippen molar-refractivity contribution in [3.8, 4) is 0 Å². The Morgan fingerprint density at radius 3 is 2.28 bits per heavy atom. The fourth-order valence-corrected chi connectivity index (χ4v) is 6.54. The number of hydrogen-bond donors (Lipinski definition) is 4. The Bertz CT molecular complexity index is 1270. The van der Waals surface area contributed by atoms with Crippen LogP contribution in [0.5, 0.6) is 0 Å².